The van der Waals surface area contributed by atoms with Crippen LogP contribution in [0.25, 0.3) is 27.9 Å². The van der Waals surface area contributed by atoms with Gasteiger partial charge in [0.15, 0.2) is 11.6 Å². The fourth-order valence-electron chi connectivity index (χ4n) is 3.29. The first kappa shape index (κ1) is 18.6. The van der Waals surface area contributed by atoms with Crippen molar-refractivity contribution in [1.29, 1.82) is 0 Å². The molecule has 1 N–H and O–H groups in total. The second-order valence-corrected chi connectivity index (χ2v) is 6.87. The number of aromatic nitrogens is 5. The monoisotopic (exact) mass is 414 g/mol. The van der Waals surface area contributed by atoms with Crippen LogP contribution >= 0.6 is 0 Å². The number of nitrogens with one attached hydrogen (secondary N) is 1. The number of aryl methyl sites for hydroxylation is 1. The molecule has 0 unspecified atom stereocenters. The highest BCUT2D eigenvalue weighted by Crippen LogP contribution is 2.29. The van der Waals surface area contributed by atoms with Crippen molar-refractivity contribution in [2.75, 3.05) is 5.32 Å². The lowest BCUT2D eigenvalue weighted by Gasteiger charge is -2.09. The van der Waals surface area contributed by atoms with Crippen LogP contribution in [0.1, 0.15) is 16.2 Å². The molecule has 0 saturated carbocycles. The largest absolute Gasteiger partial charge is 0.355 e. The lowest BCUT2D eigenvalue weighted by Crippen LogP contribution is -2.12. The van der Waals surface area contributed by atoms with Gasteiger partial charge in [-0.3, -0.25) is 4.79 Å². The molecule has 2 heterocycles. The predicted molar refractivity (Wildman–Crippen MR) is 111 cm³/mol. The van der Waals surface area contributed by atoms with Gasteiger partial charge < -0.3 is 9.84 Å². The van der Waals surface area contributed by atoms with Gasteiger partial charge in [0.2, 0.25) is 0 Å². The number of amides is 1. The number of hydrogen-bond acceptors (Lipinski definition) is 6. The van der Waals surface area contributed by atoms with E-state index in [4.69, 9.17) is 4.52 Å². The van der Waals surface area contributed by atoms with Crippen LogP contribution < -0.4 is 5.32 Å². The van der Waals surface area contributed by atoms with Gasteiger partial charge in [0.05, 0.1) is 5.39 Å². The summed E-state index contributed by atoms with van der Waals surface area (Å²) in [6, 6.07) is 18.8. The number of carbonyl (C=O) groups excluding carboxylic acids is 1. The summed E-state index contributed by atoms with van der Waals surface area (Å²) >= 11 is 0. The number of hydrogen-bond donors (Lipinski definition) is 1. The smallest absolute Gasteiger partial charge is 0.255 e. The standard InChI is InChI=1S/C22H15FN6O2/c1-13-25-27-28-29(13)20-12-16(8-9-18(20)23)24-22(30)15-7-10-19-17(11-15)21(31-26-19)14-5-3-2-4-6-14/h2-12H,1H3,(H,24,30). The number of halogens is 1. The van der Waals surface area contributed by atoms with E-state index in [-0.39, 0.29) is 11.6 Å². The lowest BCUT2D eigenvalue weighted by atomic mass is 10.1. The summed E-state index contributed by atoms with van der Waals surface area (Å²) in [6.45, 7) is 1.66. The zero-order valence-electron chi connectivity index (χ0n) is 16.3. The quantitative estimate of drug-likeness (QED) is 0.474. The Morgan fingerprint density at radius 3 is 2.68 bits per heavy atom. The highest BCUT2D eigenvalue weighted by atomic mass is 19.1. The first-order valence-corrected chi connectivity index (χ1v) is 9.41. The first-order valence-electron chi connectivity index (χ1n) is 9.41. The van der Waals surface area contributed by atoms with Gasteiger partial charge in [-0.2, -0.15) is 4.68 Å². The van der Waals surface area contributed by atoms with Crippen LogP contribution in [0.2, 0.25) is 0 Å². The van der Waals surface area contributed by atoms with Crippen LogP contribution in [0.3, 0.4) is 0 Å². The average molecular weight is 414 g/mol. The van der Waals surface area contributed by atoms with E-state index in [9.17, 15) is 9.18 Å². The van der Waals surface area contributed by atoms with Gasteiger partial charge in [0.1, 0.15) is 17.0 Å². The summed E-state index contributed by atoms with van der Waals surface area (Å²) in [5, 5.41) is 18.6. The molecule has 0 spiro atoms. The zero-order valence-corrected chi connectivity index (χ0v) is 16.3. The molecule has 5 aromatic rings. The topological polar surface area (TPSA) is 98.7 Å². The van der Waals surface area contributed by atoms with Gasteiger partial charge >= 0.3 is 0 Å². The van der Waals surface area contributed by atoms with E-state index in [1.54, 1.807) is 25.1 Å². The van der Waals surface area contributed by atoms with Crippen LogP contribution in [0, 0.1) is 12.7 Å². The molecule has 0 fully saturated rings. The molecular formula is C22H15FN6O2. The molecular weight excluding hydrogens is 399 g/mol. The molecule has 0 aliphatic rings. The Kier molecular flexibility index (Phi) is 4.47. The third-order valence-electron chi connectivity index (χ3n) is 4.83. The van der Waals surface area contributed by atoms with Crippen molar-refractivity contribution < 1.29 is 13.7 Å². The maximum Gasteiger partial charge on any atom is 0.255 e. The highest BCUT2D eigenvalue weighted by molar-refractivity contribution is 6.07. The molecule has 1 amide bonds. The van der Waals surface area contributed by atoms with Gasteiger partial charge in [-0.25, -0.2) is 4.39 Å². The van der Waals surface area contributed by atoms with Crippen molar-refractivity contribution in [3.63, 3.8) is 0 Å². The second kappa shape index (κ2) is 7.45. The number of tetrazole rings is 1. The Balaban J connectivity index is 1.47. The predicted octanol–water partition coefficient (Wildman–Crippen LogP) is 4.17. The van der Waals surface area contributed by atoms with E-state index in [0.29, 0.717) is 28.4 Å². The highest BCUT2D eigenvalue weighted by Gasteiger charge is 2.16. The Labute approximate surface area is 175 Å². The average Bonchev–Trinajstić information content (AvgIpc) is 3.41. The van der Waals surface area contributed by atoms with Crippen molar-refractivity contribution in [3.8, 4) is 17.0 Å². The molecule has 0 aliphatic carbocycles. The number of anilines is 1. The van der Waals surface area contributed by atoms with Crippen LogP contribution in [0.15, 0.2) is 71.3 Å². The number of nitrogens with zero attached hydrogens (tertiary/aromatic N) is 5. The van der Waals surface area contributed by atoms with Crippen LogP contribution in [-0.2, 0) is 0 Å². The zero-order chi connectivity index (χ0) is 21.4. The number of benzene rings is 3. The Morgan fingerprint density at radius 2 is 1.90 bits per heavy atom. The second-order valence-electron chi connectivity index (χ2n) is 6.87. The minimum absolute atomic E-state index is 0.140. The van der Waals surface area contributed by atoms with Crippen molar-refractivity contribution in [2.24, 2.45) is 0 Å². The van der Waals surface area contributed by atoms with E-state index in [1.807, 2.05) is 30.3 Å². The van der Waals surface area contributed by atoms with Gasteiger partial charge in [-0.1, -0.05) is 35.5 Å². The summed E-state index contributed by atoms with van der Waals surface area (Å²) in [6.07, 6.45) is 0. The maximum atomic E-state index is 14.3. The fourth-order valence-corrected chi connectivity index (χ4v) is 3.29. The number of fused-ring (bicyclic) bond motifs is 1. The summed E-state index contributed by atoms with van der Waals surface area (Å²) < 4.78 is 21.0. The van der Waals surface area contributed by atoms with E-state index < -0.39 is 5.82 Å². The van der Waals surface area contributed by atoms with E-state index >= 15 is 0 Å². The maximum absolute atomic E-state index is 14.3. The minimum Gasteiger partial charge on any atom is -0.355 e. The fraction of sp³-hybridized carbons (Fsp3) is 0.0455. The molecule has 0 aliphatic heterocycles. The van der Waals surface area contributed by atoms with Gasteiger partial charge in [-0.05, 0) is 53.7 Å². The normalized spacial score (nSPS) is 11.0. The van der Waals surface area contributed by atoms with Crippen molar-refractivity contribution >= 4 is 22.5 Å². The van der Waals surface area contributed by atoms with E-state index in [1.165, 1.54) is 22.9 Å². The Bertz CT molecular complexity index is 1410. The third-order valence-corrected chi connectivity index (χ3v) is 4.83. The molecule has 0 radical (unpaired) electrons. The van der Waals surface area contributed by atoms with E-state index in [0.717, 1.165) is 10.9 Å². The lowest BCUT2D eigenvalue weighted by molar-refractivity contribution is 0.102. The third kappa shape index (κ3) is 3.42. The summed E-state index contributed by atoms with van der Waals surface area (Å²) in [5.41, 5.74) is 2.47. The van der Waals surface area contributed by atoms with Crippen LogP contribution in [0.4, 0.5) is 10.1 Å². The molecule has 31 heavy (non-hydrogen) atoms. The molecule has 3 aromatic carbocycles. The van der Waals surface area contributed by atoms with Crippen molar-refractivity contribution in [1.82, 2.24) is 25.4 Å². The SMILES string of the molecule is Cc1nnnn1-c1cc(NC(=O)c2ccc3noc(-c4ccccc4)c3c2)ccc1F. The number of rotatable bonds is 4. The van der Waals surface area contributed by atoms with Crippen molar-refractivity contribution in [3.05, 3.63) is 83.9 Å². The summed E-state index contributed by atoms with van der Waals surface area (Å²) in [5.74, 6) is 0.150. The van der Waals surface area contributed by atoms with Gasteiger partial charge in [0, 0.05) is 16.8 Å². The summed E-state index contributed by atoms with van der Waals surface area (Å²) in [4.78, 5) is 12.9. The van der Waals surface area contributed by atoms with Crippen molar-refractivity contribution in [2.45, 2.75) is 6.92 Å². The molecule has 9 heteroatoms. The van der Waals surface area contributed by atoms with Crippen LogP contribution in [0.5, 0.6) is 0 Å². The summed E-state index contributed by atoms with van der Waals surface area (Å²) in [7, 11) is 0. The molecule has 2 aromatic heterocycles. The molecule has 0 atom stereocenters. The molecule has 0 saturated heterocycles. The Hall–Kier alpha value is -4.40. The number of carbonyl (C=O) groups is 1. The first-order chi connectivity index (χ1) is 15.1. The molecule has 5 rings (SSSR count). The molecule has 152 valence electrons. The minimum atomic E-state index is -0.508. The van der Waals surface area contributed by atoms with Gasteiger partial charge in [0.25, 0.3) is 5.91 Å². The van der Waals surface area contributed by atoms with E-state index in [2.05, 4.69) is 26.0 Å². The molecule has 0 bridgehead atoms. The molecule has 8 nitrogen and oxygen atoms in total. The Morgan fingerprint density at radius 1 is 1.06 bits per heavy atom. The van der Waals surface area contributed by atoms with Crippen LogP contribution in [-0.4, -0.2) is 31.3 Å². The van der Waals surface area contributed by atoms with Gasteiger partial charge in [-0.15, -0.1) is 5.10 Å².